The molecule has 0 radical (unpaired) electrons. The van der Waals surface area contributed by atoms with Crippen LogP contribution < -0.4 is 14.4 Å². The number of carbonyl (C=O) groups is 1. The summed E-state index contributed by atoms with van der Waals surface area (Å²) in [6, 6.07) is 13.3. The van der Waals surface area contributed by atoms with E-state index in [9.17, 15) is 4.79 Å². The molecule has 0 bridgehead atoms. The van der Waals surface area contributed by atoms with Gasteiger partial charge in [0.25, 0.3) is 5.91 Å². The molecule has 2 aromatic carbocycles. The van der Waals surface area contributed by atoms with Crippen molar-refractivity contribution in [3.05, 3.63) is 48.0 Å². The number of unbranched alkanes of at least 4 members (excludes halogenated alkanes) is 1. The topological polar surface area (TPSA) is 48.0 Å². The van der Waals surface area contributed by atoms with Crippen LogP contribution in [0.25, 0.3) is 0 Å². The summed E-state index contributed by atoms with van der Waals surface area (Å²) in [6.07, 6.45) is 1.94. The number of benzene rings is 2. The molecule has 1 aliphatic heterocycles. The fourth-order valence-corrected chi connectivity index (χ4v) is 4.90. The zero-order valence-electron chi connectivity index (χ0n) is 16.2. The predicted octanol–water partition coefficient (Wildman–Crippen LogP) is 4.82. The molecular weight excluding hydrogens is 442 g/mol. The molecule has 1 amide bonds. The zero-order chi connectivity index (χ0) is 20.1. The summed E-state index contributed by atoms with van der Waals surface area (Å²) in [5.74, 6) is 1.12. The lowest BCUT2D eigenvalue weighted by molar-refractivity contribution is -0.131. The molecule has 0 spiro atoms. The Kier molecular flexibility index (Phi) is 6.91. The molecule has 1 aliphatic rings. The summed E-state index contributed by atoms with van der Waals surface area (Å²) in [5, 5.41) is 0.934. The number of thioether (sulfide) groups is 1. The number of nitrogens with zero attached hydrogens (tertiary/aromatic N) is 1. The molecule has 1 heterocycles. The maximum absolute atomic E-state index is 13.4. The van der Waals surface area contributed by atoms with Crippen LogP contribution in [0.3, 0.4) is 0 Å². The van der Waals surface area contributed by atoms with Gasteiger partial charge in [0.2, 0.25) is 4.93 Å². The number of halogens is 1. The van der Waals surface area contributed by atoms with E-state index in [4.69, 9.17) is 14.2 Å². The summed E-state index contributed by atoms with van der Waals surface area (Å²) in [7, 11) is 4.93. The fraction of sp³-hybridized carbons (Fsp3) is 0.381. The van der Waals surface area contributed by atoms with Crippen molar-refractivity contribution in [3.63, 3.8) is 0 Å². The molecule has 0 aromatic heterocycles. The second-order valence-corrected chi connectivity index (χ2v) is 8.37. The van der Waals surface area contributed by atoms with Crippen LogP contribution in [0.5, 0.6) is 11.5 Å². The first-order valence-corrected chi connectivity index (χ1v) is 11.0. The van der Waals surface area contributed by atoms with Crippen molar-refractivity contribution in [2.24, 2.45) is 0 Å². The highest BCUT2D eigenvalue weighted by atomic mass is 79.9. The summed E-state index contributed by atoms with van der Waals surface area (Å²) < 4.78 is 17.4. The highest BCUT2D eigenvalue weighted by Crippen LogP contribution is 2.53. The number of hydrogen-bond donors (Lipinski definition) is 0. The predicted molar refractivity (Wildman–Crippen MR) is 116 cm³/mol. The Morgan fingerprint density at radius 1 is 1.14 bits per heavy atom. The van der Waals surface area contributed by atoms with Crippen LogP contribution in [-0.4, -0.2) is 39.1 Å². The molecule has 0 aliphatic carbocycles. The van der Waals surface area contributed by atoms with Crippen LogP contribution in [0.1, 0.15) is 18.4 Å². The number of rotatable bonds is 8. The summed E-state index contributed by atoms with van der Waals surface area (Å²) >= 11 is 4.83. The summed E-state index contributed by atoms with van der Waals surface area (Å²) in [4.78, 5) is 14.8. The standard InChI is InChI=1S/C21H24BrNO4S/c1-23-17-8-4-5-9-19(17)28-21(26-3,20(23)24)16-14-15(25-2)10-11-18(16)27-13-7-6-12-22/h4-5,8-11,14H,6-7,12-13H2,1-3H3. The Labute approximate surface area is 178 Å². The van der Waals surface area contributed by atoms with Crippen LogP contribution in [0, 0.1) is 0 Å². The van der Waals surface area contributed by atoms with Crippen LogP contribution in [0.4, 0.5) is 5.69 Å². The maximum atomic E-state index is 13.4. The van der Waals surface area contributed by atoms with E-state index in [-0.39, 0.29) is 5.91 Å². The molecule has 0 saturated heterocycles. The SMILES string of the molecule is COc1ccc(OCCCCBr)c(C2(OC)Sc3ccccc3N(C)C2=O)c1. The lowest BCUT2D eigenvalue weighted by Gasteiger charge is -2.40. The number of hydrogen-bond acceptors (Lipinski definition) is 5. The number of amides is 1. The highest BCUT2D eigenvalue weighted by Gasteiger charge is 2.50. The van der Waals surface area contributed by atoms with Gasteiger partial charge in [0.1, 0.15) is 11.5 Å². The van der Waals surface area contributed by atoms with Crippen LogP contribution in [0.15, 0.2) is 47.4 Å². The first-order valence-electron chi connectivity index (χ1n) is 9.06. The first-order chi connectivity index (χ1) is 13.6. The van der Waals surface area contributed by atoms with Gasteiger partial charge in [-0.05, 0) is 43.2 Å². The second-order valence-electron chi connectivity index (χ2n) is 6.36. The molecule has 2 aromatic rings. The molecule has 28 heavy (non-hydrogen) atoms. The number of fused-ring (bicyclic) bond motifs is 1. The summed E-state index contributed by atoms with van der Waals surface area (Å²) in [6.45, 7) is 0.565. The van der Waals surface area contributed by atoms with Crippen molar-refractivity contribution in [2.45, 2.75) is 22.7 Å². The van der Waals surface area contributed by atoms with Crippen LogP contribution >= 0.6 is 27.7 Å². The average molecular weight is 466 g/mol. The van der Waals surface area contributed by atoms with Gasteiger partial charge in [-0.1, -0.05) is 39.8 Å². The fourth-order valence-electron chi connectivity index (χ4n) is 3.16. The Morgan fingerprint density at radius 3 is 2.64 bits per heavy atom. The van der Waals surface area contributed by atoms with E-state index in [1.807, 2.05) is 42.5 Å². The van der Waals surface area contributed by atoms with Gasteiger partial charge in [-0.15, -0.1) is 0 Å². The second kappa shape index (κ2) is 9.20. The van der Waals surface area contributed by atoms with E-state index in [1.165, 1.54) is 11.8 Å². The van der Waals surface area contributed by atoms with Gasteiger partial charge in [0, 0.05) is 29.9 Å². The van der Waals surface area contributed by atoms with Crippen molar-refractivity contribution >= 4 is 39.3 Å². The molecule has 0 saturated carbocycles. The van der Waals surface area contributed by atoms with Gasteiger partial charge in [-0.2, -0.15) is 0 Å². The number of carbonyl (C=O) groups excluding carboxylic acids is 1. The third-order valence-electron chi connectivity index (χ3n) is 4.68. The molecule has 0 fully saturated rings. The molecule has 5 nitrogen and oxygen atoms in total. The van der Waals surface area contributed by atoms with Gasteiger partial charge in [0.15, 0.2) is 0 Å². The lowest BCUT2D eigenvalue weighted by Crippen LogP contribution is -2.47. The molecule has 1 unspecified atom stereocenters. The van der Waals surface area contributed by atoms with Gasteiger partial charge in [-0.3, -0.25) is 4.79 Å². The van der Waals surface area contributed by atoms with E-state index in [2.05, 4.69) is 15.9 Å². The number of ether oxygens (including phenoxy) is 3. The number of methoxy groups -OCH3 is 2. The van der Waals surface area contributed by atoms with E-state index in [0.717, 1.165) is 28.8 Å². The van der Waals surface area contributed by atoms with E-state index in [1.54, 1.807) is 26.2 Å². The largest absolute Gasteiger partial charge is 0.497 e. The number of anilines is 1. The van der Waals surface area contributed by atoms with Gasteiger partial charge < -0.3 is 19.1 Å². The van der Waals surface area contributed by atoms with Crippen molar-refractivity contribution in [1.82, 2.24) is 0 Å². The smallest absolute Gasteiger partial charge is 0.274 e. The zero-order valence-corrected chi connectivity index (χ0v) is 18.6. The van der Waals surface area contributed by atoms with E-state index < -0.39 is 4.93 Å². The summed E-state index contributed by atoms with van der Waals surface area (Å²) in [5.41, 5.74) is 1.53. The normalized spacial score (nSPS) is 18.7. The third-order valence-corrected chi connectivity index (χ3v) is 6.66. The van der Waals surface area contributed by atoms with E-state index in [0.29, 0.717) is 23.7 Å². The number of para-hydroxylation sites is 1. The van der Waals surface area contributed by atoms with Crippen LogP contribution in [-0.2, 0) is 14.5 Å². The monoisotopic (exact) mass is 465 g/mol. The van der Waals surface area contributed by atoms with Crippen molar-refractivity contribution in [1.29, 1.82) is 0 Å². The lowest BCUT2D eigenvalue weighted by atomic mass is 10.0. The third kappa shape index (κ3) is 3.88. The molecule has 3 rings (SSSR count). The van der Waals surface area contributed by atoms with Crippen molar-refractivity contribution in [3.8, 4) is 11.5 Å². The molecule has 1 atom stereocenters. The van der Waals surface area contributed by atoms with Gasteiger partial charge in [0.05, 0.1) is 19.4 Å². The number of likely N-dealkylation sites (N-methyl/N-ethyl adjacent to an activating group) is 1. The molecular formula is C21H24BrNO4S. The van der Waals surface area contributed by atoms with Crippen molar-refractivity contribution < 1.29 is 19.0 Å². The Morgan fingerprint density at radius 2 is 1.93 bits per heavy atom. The van der Waals surface area contributed by atoms with Crippen LogP contribution in [0.2, 0.25) is 0 Å². The minimum absolute atomic E-state index is 0.155. The number of alkyl halides is 1. The van der Waals surface area contributed by atoms with Gasteiger partial charge in [-0.25, -0.2) is 0 Å². The van der Waals surface area contributed by atoms with E-state index >= 15 is 0 Å². The maximum Gasteiger partial charge on any atom is 0.274 e. The molecule has 7 heteroatoms. The Bertz CT molecular complexity index is 847. The Balaban J connectivity index is 2.06. The first kappa shape index (κ1) is 21.0. The minimum Gasteiger partial charge on any atom is -0.497 e. The highest BCUT2D eigenvalue weighted by molar-refractivity contribution is 9.09. The molecule has 0 N–H and O–H groups in total. The molecule has 150 valence electrons. The average Bonchev–Trinajstić information content (AvgIpc) is 2.74. The van der Waals surface area contributed by atoms with Gasteiger partial charge >= 0.3 is 0 Å². The van der Waals surface area contributed by atoms with Crippen molar-refractivity contribution in [2.75, 3.05) is 38.1 Å². The minimum atomic E-state index is -1.25. The Hall–Kier alpha value is -1.70. The quantitative estimate of drug-likeness (QED) is 0.413.